The number of ether oxygens (including phenoxy) is 1. The Labute approximate surface area is 114 Å². The maximum atomic E-state index is 11.6. The zero-order chi connectivity index (χ0) is 14.1. The van der Waals surface area contributed by atoms with E-state index in [0.717, 1.165) is 17.9 Å². The molecule has 1 aromatic rings. The van der Waals surface area contributed by atoms with Crippen molar-refractivity contribution in [2.45, 2.75) is 25.8 Å². The normalized spacial score (nSPS) is 11.7. The Morgan fingerprint density at radius 3 is 2.58 bits per heavy atom. The summed E-state index contributed by atoms with van der Waals surface area (Å²) in [5, 5.41) is 6.09. The van der Waals surface area contributed by atoms with E-state index in [1.54, 1.807) is 7.11 Å². The van der Waals surface area contributed by atoms with Crippen LogP contribution in [0.3, 0.4) is 0 Å². The molecule has 1 amide bonds. The molecule has 0 saturated carbocycles. The van der Waals surface area contributed by atoms with Crippen LogP contribution in [-0.2, 0) is 4.79 Å². The highest BCUT2D eigenvalue weighted by Crippen LogP contribution is 2.16. The SMILES string of the molecule is CCCNC(=O)CC(CN)Nc1ccc(OC)cc1. The van der Waals surface area contributed by atoms with E-state index < -0.39 is 0 Å². The van der Waals surface area contributed by atoms with Gasteiger partial charge in [0.2, 0.25) is 5.91 Å². The van der Waals surface area contributed by atoms with E-state index in [-0.39, 0.29) is 11.9 Å². The molecule has 0 heterocycles. The fraction of sp³-hybridized carbons (Fsp3) is 0.500. The minimum Gasteiger partial charge on any atom is -0.497 e. The number of nitrogens with two attached hydrogens (primary N) is 1. The number of carbonyl (C=O) groups excluding carboxylic acids is 1. The molecule has 0 aliphatic rings. The fourth-order valence-corrected chi connectivity index (χ4v) is 1.68. The summed E-state index contributed by atoms with van der Waals surface area (Å²) in [4.78, 5) is 11.6. The van der Waals surface area contributed by atoms with Gasteiger partial charge >= 0.3 is 0 Å². The van der Waals surface area contributed by atoms with Crippen LogP contribution < -0.4 is 21.1 Å². The van der Waals surface area contributed by atoms with Gasteiger partial charge in [-0.3, -0.25) is 4.79 Å². The molecule has 0 radical (unpaired) electrons. The van der Waals surface area contributed by atoms with Gasteiger partial charge in [0.05, 0.1) is 7.11 Å². The van der Waals surface area contributed by atoms with Gasteiger partial charge in [-0.1, -0.05) is 6.92 Å². The molecule has 0 aliphatic heterocycles. The number of rotatable bonds is 8. The first-order chi connectivity index (χ1) is 9.19. The number of anilines is 1. The average molecular weight is 265 g/mol. The lowest BCUT2D eigenvalue weighted by atomic mass is 10.1. The molecule has 1 atom stereocenters. The summed E-state index contributed by atoms with van der Waals surface area (Å²) < 4.78 is 5.09. The number of benzene rings is 1. The van der Waals surface area contributed by atoms with Crippen molar-refractivity contribution in [2.24, 2.45) is 5.73 Å². The Kier molecular flexibility index (Phi) is 6.74. The number of amides is 1. The molecule has 1 aromatic carbocycles. The summed E-state index contributed by atoms with van der Waals surface area (Å²) >= 11 is 0. The summed E-state index contributed by atoms with van der Waals surface area (Å²) in [5.74, 6) is 0.828. The van der Waals surface area contributed by atoms with Crippen molar-refractivity contribution in [1.82, 2.24) is 5.32 Å². The van der Waals surface area contributed by atoms with E-state index in [1.165, 1.54) is 0 Å². The highest BCUT2D eigenvalue weighted by atomic mass is 16.5. The number of hydrogen-bond donors (Lipinski definition) is 3. The van der Waals surface area contributed by atoms with Gasteiger partial charge in [0, 0.05) is 31.2 Å². The predicted octanol–water partition coefficient (Wildman–Crippen LogP) is 1.35. The molecule has 106 valence electrons. The fourth-order valence-electron chi connectivity index (χ4n) is 1.68. The Hall–Kier alpha value is -1.75. The Morgan fingerprint density at radius 2 is 2.05 bits per heavy atom. The third kappa shape index (κ3) is 5.61. The van der Waals surface area contributed by atoms with Gasteiger partial charge in [0.15, 0.2) is 0 Å². The molecule has 0 bridgehead atoms. The van der Waals surface area contributed by atoms with Crippen LogP contribution >= 0.6 is 0 Å². The second-order valence-corrected chi connectivity index (χ2v) is 4.36. The molecule has 19 heavy (non-hydrogen) atoms. The topological polar surface area (TPSA) is 76.4 Å². The van der Waals surface area contributed by atoms with Gasteiger partial charge in [-0.25, -0.2) is 0 Å². The van der Waals surface area contributed by atoms with Crippen molar-refractivity contribution < 1.29 is 9.53 Å². The Morgan fingerprint density at radius 1 is 1.37 bits per heavy atom. The maximum absolute atomic E-state index is 11.6. The van der Waals surface area contributed by atoms with E-state index in [0.29, 0.717) is 19.5 Å². The summed E-state index contributed by atoms with van der Waals surface area (Å²) in [6, 6.07) is 7.49. The lowest BCUT2D eigenvalue weighted by Crippen LogP contribution is -2.36. The van der Waals surface area contributed by atoms with Gasteiger partial charge in [-0.05, 0) is 30.7 Å². The zero-order valence-electron chi connectivity index (χ0n) is 11.6. The van der Waals surface area contributed by atoms with Crippen molar-refractivity contribution in [3.8, 4) is 5.75 Å². The van der Waals surface area contributed by atoms with Crippen LogP contribution in [0.2, 0.25) is 0 Å². The van der Waals surface area contributed by atoms with Crippen molar-refractivity contribution in [2.75, 3.05) is 25.5 Å². The first-order valence-electron chi connectivity index (χ1n) is 6.57. The first-order valence-corrected chi connectivity index (χ1v) is 6.57. The summed E-state index contributed by atoms with van der Waals surface area (Å²) in [6.07, 6.45) is 1.31. The lowest BCUT2D eigenvalue weighted by molar-refractivity contribution is -0.121. The number of hydrogen-bond acceptors (Lipinski definition) is 4. The standard InChI is InChI=1S/C14H23N3O2/c1-3-8-16-14(18)9-12(10-15)17-11-4-6-13(19-2)7-5-11/h4-7,12,17H,3,8-10,15H2,1-2H3,(H,16,18). The predicted molar refractivity (Wildman–Crippen MR) is 77.4 cm³/mol. The second kappa shape index (κ2) is 8.37. The van der Waals surface area contributed by atoms with Gasteiger partial charge in [-0.2, -0.15) is 0 Å². The van der Waals surface area contributed by atoms with Gasteiger partial charge in [-0.15, -0.1) is 0 Å². The van der Waals surface area contributed by atoms with Gasteiger partial charge in [0.25, 0.3) is 0 Å². The number of nitrogens with one attached hydrogen (secondary N) is 2. The van der Waals surface area contributed by atoms with Crippen LogP contribution in [0.4, 0.5) is 5.69 Å². The highest BCUT2D eigenvalue weighted by molar-refractivity contribution is 5.77. The molecular weight excluding hydrogens is 242 g/mol. The van der Waals surface area contributed by atoms with E-state index in [4.69, 9.17) is 10.5 Å². The Bertz CT molecular complexity index is 379. The van der Waals surface area contributed by atoms with Crippen LogP contribution in [-0.4, -0.2) is 32.1 Å². The molecule has 4 N–H and O–H groups in total. The molecule has 5 nitrogen and oxygen atoms in total. The van der Waals surface area contributed by atoms with E-state index >= 15 is 0 Å². The molecule has 0 aromatic heterocycles. The van der Waals surface area contributed by atoms with Crippen molar-refractivity contribution in [3.63, 3.8) is 0 Å². The van der Waals surface area contributed by atoms with Crippen LogP contribution in [0, 0.1) is 0 Å². The minimum absolute atomic E-state index is 0.0262. The molecule has 0 spiro atoms. The van der Waals surface area contributed by atoms with Crippen molar-refractivity contribution in [3.05, 3.63) is 24.3 Å². The Balaban J connectivity index is 2.48. The quantitative estimate of drug-likeness (QED) is 0.663. The second-order valence-electron chi connectivity index (χ2n) is 4.36. The highest BCUT2D eigenvalue weighted by Gasteiger charge is 2.11. The third-order valence-electron chi connectivity index (χ3n) is 2.75. The smallest absolute Gasteiger partial charge is 0.222 e. The van der Waals surface area contributed by atoms with Crippen LogP contribution in [0.25, 0.3) is 0 Å². The molecule has 0 fully saturated rings. The van der Waals surface area contributed by atoms with Gasteiger partial charge < -0.3 is 21.1 Å². The summed E-state index contributed by atoms with van der Waals surface area (Å²) in [6.45, 7) is 3.14. The van der Waals surface area contributed by atoms with Crippen LogP contribution in [0.5, 0.6) is 5.75 Å². The number of methoxy groups -OCH3 is 1. The van der Waals surface area contributed by atoms with Gasteiger partial charge in [0.1, 0.15) is 5.75 Å². The summed E-state index contributed by atoms with van der Waals surface area (Å²) in [5.41, 5.74) is 6.62. The van der Waals surface area contributed by atoms with E-state index in [2.05, 4.69) is 10.6 Å². The van der Waals surface area contributed by atoms with E-state index in [9.17, 15) is 4.79 Å². The van der Waals surface area contributed by atoms with E-state index in [1.807, 2.05) is 31.2 Å². The molecule has 1 rings (SSSR count). The molecule has 0 aliphatic carbocycles. The molecule has 5 heteroatoms. The van der Waals surface area contributed by atoms with Crippen molar-refractivity contribution in [1.29, 1.82) is 0 Å². The van der Waals surface area contributed by atoms with Crippen LogP contribution in [0.1, 0.15) is 19.8 Å². The number of carbonyl (C=O) groups is 1. The molecular formula is C14H23N3O2. The minimum atomic E-state index is -0.0646. The largest absolute Gasteiger partial charge is 0.497 e. The third-order valence-corrected chi connectivity index (χ3v) is 2.75. The lowest BCUT2D eigenvalue weighted by Gasteiger charge is -2.18. The zero-order valence-corrected chi connectivity index (χ0v) is 11.6. The molecule has 1 unspecified atom stereocenters. The van der Waals surface area contributed by atoms with Crippen LogP contribution in [0.15, 0.2) is 24.3 Å². The monoisotopic (exact) mass is 265 g/mol. The average Bonchev–Trinajstić information content (AvgIpc) is 2.45. The first kappa shape index (κ1) is 15.3. The summed E-state index contributed by atoms with van der Waals surface area (Å²) in [7, 11) is 1.63. The maximum Gasteiger partial charge on any atom is 0.222 e. The van der Waals surface area contributed by atoms with Crippen molar-refractivity contribution >= 4 is 11.6 Å². The molecule has 0 saturated heterocycles.